The third-order valence-corrected chi connectivity index (χ3v) is 7.11. The Kier molecular flexibility index (Phi) is 10.6. The first kappa shape index (κ1) is 32.4. The summed E-state index contributed by atoms with van der Waals surface area (Å²) >= 11 is 5.72. The minimum atomic E-state index is -5.14. The van der Waals surface area contributed by atoms with Gasteiger partial charge in [-0.3, -0.25) is 13.7 Å². The van der Waals surface area contributed by atoms with Crippen molar-refractivity contribution in [2.45, 2.75) is 9.79 Å². The van der Waals surface area contributed by atoms with Gasteiger partial charge in [-0.05, 0) is 35.7 Å². The van der Waals surface area contributed by atoms with Crippen LogP contribution in [0, 0.1) is 0 Å². The minimum absolute atomic E-state index is 0. The van der Waals surface area contributed by atoms with E-state index in [0.29, 0.717) is 18.2 Å². The number of hydrogen-bond acceptors (Lipinski definition) is 9. The summed E-state index contributed by atoms with van der Waals surface area (Å²) in [6.07, 6.45) is 0. The normalized spacial score (nSPS) is 12.4. The van der Waals surface area contributed by atoms with E-state index in [4.69, 9.17) is 11.6 Å². The fraction of sp³-hybridized carbons (Fsp3) is 0. The molecule has 0 spiro atoms. The monoisotopic (exact) mass is 586 g/mol. The van der Waals surface area contributed by atoms with Crippen LogP contribution in [0.2, 0.25) is 5.02 Å². The summed E-state index contributed by atoms with van der Waals surface area (Å²) in [7, 11) is -14.9. The van der Waals surface area contributed by atoms with Crippen LogP contribution in [-0.4, -0.2) is 105 Å². The van der Waals surface area contributed by atoms with Crippen LogP contribution >= 0.6 is 19.2 Å². The van der Waals surface area contributed by atoms with Gasteiger partial charge in [-0.2, -0.15) is 16.8 Å². The van der Waals surface area contributed by atoms with Crippen molar-refractivity contribution >= 4 is 126 Å². The summed E-state index contributed by atoms with van der Waals surface area (Å²) in [6, 6.07) is 5.05. The molecule has 180 valence electrons. The molecule has 3 aromatic carbocycles. The van der Waals surface area contributed by atoms with Gasteiger partial charge in [0.25, 0.3) is 20.2 Å². The summed E-state index contributed by atoms with van der Waals surface area (Å²) in [5.41, 5.74) is -1.40. The number of hydrogen-bond donors (Lipinski definition) is 6. The third-order valence-electron chi connectivity index (χ3n) is 4.19. The second kappa shape index (κ2) is 11.4. The van der Waals surface area contributed by atoms with Crippen LogP contribution in [0.4, 0.5) is 11.4 Å². The summed E-state index contributed by atoms with van der Waals surface area (Å²) in [4.78, 5) is 17.0. The average Bonchev–Trinajstić information content (AvgIpc) is 2.65. The van der Waals surface area contributed by atoms with Gasteiger partial charge < -0.3 is 20.0 Å². The Hall–Kier alpha value is -0.620. The standard InChI is InChI=1S/C16H12ClN2O11PS2.2Na.2H/c17-8-1-2-10(12(5-8)31(22,23)24)18-19-15-13(33(28,29)30)4-7-3-9(32(25,26)27)6-11(20)14(7)16(15)21;;;;/h1-6,20-21H,(H2,22,23,24)(H,25,26,27)(H,28,29,30);;;;. The van der Waals surface area contributed by atoms with E-state index in [9.17, 15) is 50.5 Å². The maximum absolute atomic E-state index is 11.9. The fourth-order valence-electron chi connectivity index (χ4n) is 2.80. The van der Waals surface area contributed by atoms with Crippen molar-refractivity contribution in [1.82, 2.24) is 0 Å². The molecule has 0 aliphatic carbocycles. The molecule has 0 aliphatic heterocycles. The van der Waals surface area contributed by atoms with Gasteiger partial charge in [0.05, 0.1) is 15.6 Å². The molecule has 0 amide bonds. The number of fused-ring (bicyclic) bond motifs is 1. The van der Waals surface area contributed by atoms with E-state index in [-0.39, 0.29) is 64.1 Å². The molecule has 0 aromatic heterocycles. The molecule has 0 atom stereocenters. The molecular weight excluding hydrogens is 573 g/mol. The van der Waals surface area contributed by atoms with Crippen LogP contribution in [0.1, 0.15) is 0 Å². The van der Waals surface area contributed by atoms with Crippen molar-refractivity contribution in [3.63, 3.8) is 0 Å². The summed E-state index contributed by atoms with van der Waals surface area (Å²) in [5.74, 6) is -1.98. The molecule has 0 unspecified atom stereocenters. The van der Waals surface area contributed by atoms with Gasteiger partial charge in [-0.1, -0.05) is 11.6 Å². The number of halogens is 1. The van der Waals surface area contributed by atoms with Crippen LogP contribution in [0.5, 0.6) is 11.5 Å². The number of aromatic hydroxyl groups is 2. The first-order chi connectivity index (χ1) is 15.0. The van der Waals surface area contributed by atoms with Gasteiger partial charge in [-0.25, -0.2) is 0 Å². The molecule has 0 aliphatic rings. The summed E-state index contributed by atoms with van der Waals surface area (Å²) in [6.45, 7) is 0. The van der Waals surface area contributed by atoms with Crippen molar-refractivity contribution in [1.29, 1.82) is 0 Å². The molecule has 0 radical (unpaired) electrons. The van der Waals surface area contributed by atoms with E-state index in [2.05, 4.69) is 10.2 Å². The zero-order valence-electron chi connectivity index (χ0n) is 15.7. The molecule has 6 N–H and O–H groups in total. The Morgan fingerprint density at radius 1 is 0.857 bits per heavy atom. The number of phenolic OH excluding ortho intramolecular Hbond substituents is 2. The second-order valence-corrected chi connectivity index (χ2v) is 11.3. The molecule has 19 heteroatoms. The number of benzene rings is 3. The van der Waals surface area contributed by atoms with Crippen LogP contribution in [-0.2, 0) is 24.8 Å². The molecule has 0 heterocycles. The van der Waals surface area contributed by atoms with Gasteiger partial charge in [0, 0.05) is 11.1 Å². The molecule has 35 heavy (non-hydrogen) atoms. The third kappa shape index (κ3) is 7.24. The molecule has 3 rings (SSSR count). The quantitative estimate of drug-likeness (QED) is 0.108. The SMILES string of the molecule is O=P(O)(O)c1cc(Cl)ccc1N=Nc1c(S(=O)(=O)O)cc2cc(S(=O)(=O)O)cc(O)c2c1O.[NaH].[NaH]. The molecule has 0 saturated carbocycles. The summed E-state index contributed by atoms with van der Waals surface area (Å²) in [5, 5.41) is 26.0. The summed E-state index contributed by atoms with van der Waals surface area (Å²) < 4.78 is 76.9. The number of rotatable bonds is 5. The Bertz CT molecular complexity index is 1610. The van der Waals surface area contributed by atoms with Crippen molar-refractivity contribution < 1.29 is 50.5 Å². The van der Waals surface area contributed by atoms with Gasteiger partial charge in [0.15, 0.2) is 5.75 Å². The zero-order chi connectivity index (χ0) is 24.9. The van der Waals surface area contributed by atoms with Crippen LogP contribution in [0.15, 0.2) is 56.4 Å². The van der Waals surface area contributed by atoms with Crippen LogP contribution in [0.25, 0.3) is 10.8 Å². The Morgan fingerprint density at radius 3 is 1.97 bits per heavy atom. The molecule has 0 fully saturated rings. The number of azo groups is 1. The molecule has 0 bridgehead atoms. The predicted octanol–water partition coefficient (Wildman–Crippen LogP) is 1.32. The maximum atomic E-state index is 11.9. The van der Waals surface area contributed by atoms with E-state index in [1.165, 1.54) is 6.07 Å². The predicted molar refractivity (Wildman–Crippen MR) is 129 cm³/mol. The van der Waals surface area contributed by atoms with E-state index >= 15 is 0 Å². The fourth-order valence-corrected chi connectivity index (χ4v) is 4.97. The van der Waals surface area contributed by atoms with Crippen molar-refractivity contribution in [3.8, 4) is 11.5 Å². The van der Waals surface area contributed by atoms with E-state index < -0.39 is 76.6 Å². The topological polar surface area (TPSA) is 231 Å². The zero-order valence-corrected chi connectivity index (χ0v) is 19.0. The Morgan fingerprint density at radius 2 is 1.46 bits per heavy atom. The Balaban J connectivity index is 0.00000306. The van der Waals surface area contributed by atoms with Gasteiger partial charge in [-0.15, -0.1) is 10.2 Å². The Labute approximate surface area is 247 Å². The average molecular weight is 587 g/mol. The van der Waals surface area contributed by atoms with Crippen LogP contribution in [0.3, 0.4) is 0 Å². The van der Waals surface area contributed by atoms with Crippen molar-refractivity contribution in [2.24, 2.45) is 10.2 Å². The van der Waals surface area contributed by atoms with Gasteiger partial charge in [0.2, 0.25) is 0 Å². The first-order valence-corrected chi connectivity index (χ1v) is 13.1. The second-order valence-electron chi connectivity index (χ2n) is 6.44. The van der Waals surface area contributed by atoms with E-state index in [1.807, 2.05) is 0 Å². The molecule has 0 saturated heterocycles. The van der Waals surface area contributed by atoms with Crippen molar-refractivity contribution in [2.75, 3.05) is 0 Å². The van der Waals surface area contributed by atoms with E-state index in [1.54, 1.807) is 0 Å². The van der Waals surface area contributed by atoms with Crippen LogP contribution < -0.4 is 5.30 Å². The van der Waals surface area contributed by atoms with Gasteiger partial charge >= 0.3 is 66.7 Å². The first-order valence-electron chi connectivity index (χ1n) is 8.25. The number of phenols is 2. The van der Waals surface area contributed by atoms with Crippen molar-refractivity contribution in [3.05, 3.63) is 41.4 Å². The molecular formula is C16H14ClN2Na2O11PS2. The van der Waals surface area contributed by atoms with Gasteiger partial charge in [0.1, 0.15) is 22.0 Å². The number of nitrogens with zero attached hydrogens (tertiary/aromatic N) is 2. The molecule has 13 nitrogen and oxygen atoms in total. The molecule has 3 aromatic rings. The van der Waals surface area contributed by atoms with E-state index in [0.717, 1.165) is 12.1 Å².